The topological polar surface area (TPSA) is 155 Å². The first kappa shape index (κ1) is 70.7. The molecule has 0 saturated carbocycles. The van der Waals surface area contributed by atoms with E-state index in [1.165, 1.54) is 70.6 Å². The first-order valence-corrected chi connectivity index (χ1v) is 31.0. The number of ether oxygens (including phenoxy) is 3. The molecule has 3 atom stereocenters. The molecule has 0 amide bonds. The van der Waals surface area contributed by atoms with Crippen LogP contribution in [-0.4, -0.2) is 66.5 Å². The van der Waals surface area contributed by atoms with E-state index in [9.17, 15) is 28.9 Å². The van der Waals surface area contributed by atoms with E-state index in [1.807, 2.05) is 0 Å². The van der Waals surface area contributed by atoms with Gasteiger partial charge < -0.3 is 24.2 Å². The molecule has 0 aromatic heterocycles. The van der Waals surface area contributed by atoms with Crippen molar-refractivity contribution in [3.05, 3.63) is 85.1 Å². The Morgan fingerprint density at radius 1 is 0.392 bits per heavy atom. The minimum atomic E-state index is -4.76. The van der Waals surface area contributed by atoms with Gasteiger partial charge in [-0.05, 0) is 89.9 Å². The summed E-state index contributed by atoms with van der Waals surface area (Å²) >= 11 is 0. The van der Waals surface area contributed by atoms with Crippen LogP contribution in [-0.2, 0) is 42.2 Å². The summed E-state index contributed by atoms with van der Waals surface area (Å²) in [6.07, 6.45) is 63.9. The Hall–Kier alpha value is -3.34. The molecule has 0 aliphatic heterocycles. The quantitative estimate of drug-likeness (QED) is 0.0197. The lowest BCUT2D eigenvalue weighted by molar-refractivity contribution is -0.161. The number of hydrogen-bond donors (Lipinski definition) is 2. The number of unbranched alkanes of at least 4 members (excludes halogenated alkanes) is 23. The molecule has 0 spiro atoms. The Morgan fingerprint density at radius 2 is 0.703 bits per heavy atom. The predicted molar refractivity (Wildman–Crippen MR) is 307 cm³/mol. The van der Waals surface area contributed by atoms with E-state index in [1.54, 1.807) is 0 Å². The molecule has 0 aromatic carbocycles. The molecule has 0 rings (SSSR count). The van der Waals surface area contributed by atoms with Crippen LogP contribution in [0.5, 0.6) is 0 Å². The lowest BCUT2D eigenvalue weighted by atomic mass is 10.0. The largest absolute Gasteiger partial charge is 0.472 e. The van der Waals surface area contributed by atoms with E-state index < -0.39 is 57.8 Å². The van der Waals surface area contributed by atoms with Crippen LogP contribution in [0.2, 0.25) is 0 Å². The molecule has 11 nitrogen and oxygen atoms in total. The van der Waals surface area contributed by atoms with Crippen LogP contribution in [0.4, 0.5) is 0 Å². The molecule has 0 radical (unpaired) electrons. The monoisotopic (exact) mass is 1060 g/mol. The van der Waals surface area contributed by atoms with E-state index in [2.05, 4.69) is 106 Å². The molecule has 0 aliphatic carbocycles. The summed E-state index contributed by atoms with van der Waals surface area (Å²) in [5.74, 6) is -1.50. The average molecular weight is 1060 g/mol. The smallest absolute Gasteiger partial charge is 0.462 e. The summed E-state index contributed by atoms with van der Waals surface area (Å²) < 4.78 is 39.5. The Morgan fingerprint density at radius 3 is 1.08 bits per heavy atom. The van der Waals surface area contributed by atoms with Crippen molar-refractivity contribution in [1.82, 2.24) is 0 Å². The standard InChI is InChI=1S/C62H107O11P/c1-4-7-10-13-16-19-22-25-27-29-31-34-36-39-42-45-48-51-60(64)69-55-59(73-62(66)53-50-47-44-41-38-35-32-30-28-26-23-20-17-14-11-8-5-2)57-71-74(67,68)70-56-58(54-63)72-61(65)52-49-46-43-40-37-33-24-21-18-15-12-9-6-3/h7-8,10-11,16-17,19-20,25-28,32,35,58-59,63H,4-6,9,12-15,18,21-24,29-31,33-34,36-57H2,1-3H3,(H,67,68)/b10-7-,11-8-,19-16-,20-17-,27-25-,28-26-,35-32-. The Labute approximate surface area is 451 Å². The van der Waals surface area contributed by atoms with E-state index in [0.29, 0.717) is 19.3 Å². The normalized spacial score (nSPS) is 14.0. The van der Waals surface area contributed by atoms with Crippen molar-refractivity contribution in [2.45, 2.75) is 264 Å². The van der Waals surface area contributed by atoms with Gasteiger partial charge in [0.15, 0.2) is 6.10 Å². The maximum Gasteiger partial charge on any atom is 0.472 e. The SMILES string of the molecule is CC/C=C\C/C=C\C/C=C\C/C=C\CCCCCCC(=O)OC(COC(=O)CCCCCCCCC/C=C\C/C=C\C/C=C\CC)COP(=O)(O)OCC(CO)OC(=O)CCCCCCCCCCCCCCC. The molecule has 0 fully saturated rings. The summed E-state index contributed by atoms with van der Waals surface area (Å²) in [6, 6.07) is 0. The second kappa shape index (κ2) is 55.9. The number of esters is 3. The lowest BCUT2D eigenvalue weighted by Gasteiger charge is -2.21. The molecular formula is C62H107O11P. The molecule has 74 heavy (non-hydrogen) atoms. The zero-order valence-corrected chi connectivity index (χ0v) is 47.9. The molecular weight excluding hydrogens is 952 g/mol. The van der Waals surface area contributed by atoms with Gasteiger partial charge in [0.25, 0.3) is 0 Å². The molecule has 3 unspecified atom stereocenters. The van der Waals surface area contributed by atoms with Crippen molar-refractivity contribution in [3.63, 3.8) is 0 Å². The predicted octanol–water partition coefficient (Wildman–Crippen LogP) is 17.5. The number of hydrogen-bond acceptors (Lipinski definition) is 10. The van der Waals surface area contributed by atoms with E-state index in [4.69, 9.17) is 23.3 Å². The van der Waals surface area contributed by atoms with Crippen LogP contribution >= 0.6 is 7.82 Å². The van der Waals surface area contributed by atoms with Crippen molar-refractivity contribution in [2.24, 2.45) is 0 Å². The van der Waals surface area contributed by atoms with Crippen LogP contribution in [0.15, 0.2) is 85.1 Å². The summed E-state index contributed by atoms with van der Waals surface area (Å²) in [5.41, 5.74) is 0. The van der Waals surface area contributed by atoms with Crippen molar-refractivity contribution in [1.29, 1.82) is 0 Å². The summed E-state index contributed by atoms with van der Waals surface area (Å²) in [7, 11) is -4.76. The van der Waals surface area contributed by atoms with Gasteiger partial charge in [-0.1, -0.05) is 228 Å². The third kappa shape index (κ3) is 53.5. The number of phosphoric acid groups is 1. The fourth-order valence-electron chi connectivity index (χ4n) is 7.89. The molecule has 0 saturated heterocycles. The molecule has 0 aromatic rings. The van der Waals surface area contributed by atoms with Gasteiger partial charge >= 0.3 is 25.7 Å². The van der Waals surface area contributed by atoms with Crippen LogP contribution in [0.25, 0.3) is 0 Å². The number of aliphatic hydroxyl groups is 1. The Bertz CT molecular complexity index is 1560. The van der Waals surface area contributed by atoms with Gasteiger partial charge in [-0.15, -0.1) is 0 Å². The highest BCUT2D eigenvalue weighted by Crippen LogP contribution is 2.43. The zero-order chi connectivity index (χ0) is 54.1. The Kier molecular flexibility index (Phi) is 53.4. The molecule has 0 bridgehead atoms. The van der Waals surface area contributed by atoms with E-state index in [0.717, 1.165) is 122 Å². The third-order valence-electron chi connectivity index (χ3n) is 12.3. The third-order valence-corrected chi connectivity index (χ3v) is 13.3. The number of phosphoric ester groups is 1. The highest BCUT2D eigenvalue weighted by atomic mass is 31.2. The van der Waals surface area contributed by atoms with Gasteiger partial charge in [-0.2, -0.15) is 0 Å². The average Bonchev–Trinajstić information content (AvgIpc) is 3.39. The van der Waals surface area contributed by atoms with Crippen LogP contribution in [0.1, 0.15) is 252 Å². The van der Waals surface area contributed by atoms with Gasteiger partial charge in [0.1, 0.15) is 12.7 Å². The first-order valence-electron chi connectivity index (χ1n) is 29.5. The van der Waals surface area contributed by atoms with E-state index >= 15 is 0 Å². The number of aliphatic hydroxyl groups excluding tert-OH is 1. The number of carbonyl (C=O) groups excluding carboxylic acids is 3. The van der Waals surface area contributed by atoms with Crippen molar-refractivity contribution in [2.75, 3.05) is 26.4 Å². The molecule has 0 aliphatic rings. The van der Waals surface area contributed by atoms with Gasteiger partial charge in [-0.25, -0.2) is 4.57 Å². The maximum atomic E-state index is 12.9. The van der Waals surface area contributed by atoms with Gasteiger partial charge in [-0.3, -0.25) is 23.4 Å². The van der Waals surface area contributed by atoms with Crippen molar-refractivity contribution < 1.29 is 52.2 Å². The fourth-order valence-corrected chi connectivity index (χ4v) is 8.68. The minimum Gasteiger partial charge on any atom is -0.462 e. The number of carbonyl (C=O) groups is 3. The second-order valence-corrected chi connectivity index (χ2v) is 20.9. The zero-order valence-electron chi connectivity index (χ0n) is 47.0. The Balaban J connectivity index is 4.78. The van der Waals surface area contributed by atoms with Gasteiger partial charge in [0.05, 0.1) is 19.8 Å². The van der Waals surface area contributed by atoms with Crippen LogP contribution < -0.4 is 0 Å². The lowest BCUT2D eigenvalue weighted by Crippen LogP contribution is -2.30. The summed E-state index contributed by atoms with van der Waals surface area (Å²) in [5, 5.41) is 9.81. The maximum absolute atomic E-state index is 12.9. The summed E-state index contributed by atoms with van der Waals surface area (Å²) in [4.78, 5) is 48.6. The van der Waals surface area contributed by atoms with Crippen molar-refractivity contribution >= 4 is 25.7 Å². The van der Waals surface area contributed by atoms with Crippen LogP contribution in [0.3, 0.4) is 0 Å². The fraction of sp³-hybridized carbons (Fsp3) is 0.726. The van der Waals surface area contributed by atoms with E-state index in [-0.39, 0.29) is 25.9 Å². The molecule has 12 heteroatoms. The number of rotatable bonds is 54. The van der Waals surface area contributed by atoms with Gasteiger partial charge in [0, 0.05) is 19.3 Å². The van der Waals surface area contributed by atoms with Crippen LogP contribution in [0, 0.1) is 0 Å². The highest BCUT2D eigenvalue weighted by molar-refractivity contribution is 7.47. The first-order chi connectivity index (χ1) is 36.2. The molecule has 0 heterocycles. The summed E-state index contributed by atoms with van der Waals surface area (Å²) in [6.45, 7) is 4.39. The molecule has 2 N–H and O–H groups in total. The number of allylic oxidation sites excluding steroid dienone is 14. The molecule has 426 valence electrons. The van der Waals surface area contributed by atoms with Gasteiger partial charge in [0.2, 0.25) is 0 Å². The minimum absolute atomic E-state index is 0.135. The van der Waals surface area contributed by atoms with Crippen molar-refractivity contribution in [3.8, 4) is 0 Å². The second-order valence-electron chi connectivity index (χ2n) is 19.4. The highest BCUT2D eigenvalue weighted by Gasteiger charge is 2.28.